The Labute approximate surface area is 89.6 Å². The highest BCUT2D eigenvalue weighted by Gasteiger charge is 2.20. The normalized spacial score (nSPS) is 16.2. The molecular weight excluding hydrogens is 192 g/mol. The van der Waals surface area contributed by atoms with Crippen LogP contribution >= 0.6 is 0 Å². The Morgan fingerprint density at radius 1 is 1.27 bits per heavy atom. The summed E-state index contributed by atoms with van der Waals surface area (Å²) in [5, 5.41) is 9.16. The number of hydrogen-bond acceptors (Lipinski definition) is 3. The van der Waals surface area contributed by atoms with Crippen LogP contribution in [-0.2, 0) is 0 Å². The number of aliphatic hydroxyl groups excluding tert-OH is 1. The van der Waals surface area contributed by atoms with E-state index in [1.165, 1.54) is 0 Å². The van der Waals surface area contributed by atoms with Crippen LogP contribution in [0.15, 0.2) is 12.1 Å². The Hall–Kier alpha value is -1.22. The molecule has 0 aromatic heterocycles. The lowest BCUT2D eigenvalue weighted by Gasteiger charge is -2.24. The number of rotatable bonds is 2. The second-order valence-corrected chi connectivity index (χ2v) is 3.91. The van der Waals surface area contributed by atoms with E-state index in [1.54, 1.807) is 0 Å². The van der Waals surface area contributed by atoms with Crippen LogP contribution in [0.1, 0.15) is 24.0 Å². The average molecular weight is 208 g/mol. The van der Waals surface area contributed by atoms with Crippen molar-refractivity contribution in [2.45, 2.75) is 19.8 Å². The van der Waals surface area contributed by atoms with E-state index in [0.29, 0.717) is 13.2 Å². The van der Waals surface area contributed by atoms with Crippen molar-refractivity contribution in [3.8, 4) is 11.5 Å². The zero-order valence-electron chi connectivity index (χ0n) is 9.12. The van der Waals surface area contributed by atoms with Crippen LogP contribution < -0.4 is 9.47 Å². The van der Waals surface area contributed by atoms with E-state index in [9.17, 15) is 0 Å². The summed E-state index contributed by atoms with van der Waals surface area (Å²) < 4.78 is 11.2. The summed E-state index contributed by atoms with van der Waals surface area (Å²) in [7, 11) is 0. The zero-order chi connectivity index (χ0) is 10.8. The second kappa shape index (κ2) is 4.11. The first-order valence-electron chi connectivity index (χ1n) is 5.24. The fraction of sp³-hybridized carbons (Fsp3) is 0.500. The molecule has 0 bridgehead atoms. The van der Waals surface area contributed by atoms with Gasteiger partial charge in [-0.1, -0.05) is 19.1 Å². The molecule has 0 saturated heterocycles. The molecule has 1 unspecified atom stereocenters. The van der Waals surface area contributed by atoms with Crippen LogP contribution in [0.25, 0.3) is 0 Å². The molecule has 0 aliphatic carbocycles. The van der Waals surface area contributed by atoms with Gasteiger partial charge in [0, 0.05) is 18.1 Å². The highest BCUT2D eigenvalue weighted by atomic mass is 16.6. The van der Waals surface area contributed by atoms with E-state index in [0.717, 1.165) is 22.6 Å². The van der Waals surface area contributed by atoms with Gasteiger partial charge in [-0.05, 0) is 12.5 Å². The SMILES string of the molecule is Cc1ccc(C(C)CO)c2c1OCCO2. The van der Waals surface area contributed by atoms with Gasteiger partial charge in [-0.3, -0.25) is 0 Å². The molecule has 0 radical (unpaired) electrons. The van der Waals surface area contributed by atoms with Crippen LogP contribution in [0.2, 0.25) is 0 Å². The van der Waals surface area contributed by atoms with Crippen LogP contribution in [0.3, 0.4) is 0 Å². The number of benzene rings is 1. The molecule has 3 nitrogen and oxygen atoms in total. The molecule has 1 heterocycles. The summed E-state index contributed by atoms with van der Waals surface area (Å²) in [6.45, 7) is 5.29. The number of fused-ring (bicyclic) bond motifs is 1. The van der Waals surface area contributed by atoms with E-state index in [1.807, 2.05) is 26.0 Å². The summed E-state index contributed by atoms with van der Waals surface area (Å²) in [6.07, 6.45) is 0. The molecular formula is C12H16O3. The van der Waals surface area contributed by atoms with E-state index in [4.69, 9.17) is 14.6 Å². The maximum absolute atomic E-state index is 9.16. The van der Waals surface area contributed by atoms with Crippen molar-refractivity contribution in [3.05, 3.63) is 23.3 Å². The fourth-order valence-corrected chi connectivity index (χ4v) is 1.78. The lowest BCUT2D eigenvalue weighted by molar-refractivity contribution is 0.166. The van der Waals surface area contributed by atoms with E-state index in [-0.39, 0.29) is 12.5 Å². The van der Waals surface area contributed by atoms with E-state index >= 15 is 0 Å². The van der Waals surface area contributed by atoms with Crippen LogP contribution in [0, 0.1) is 6.92 Å². The highest BCUT2D eigenvalue weighted by molar-refractivity contribution is 5.53. The molecule has 1 aromatic carbocycles. The van der Waals surface area contributed by atoms with Crippen LogP contribution in [-0.4, -0.2) is 24.9 Å². The number of aryl methyl sites for hydroxylation is 1. The molecule has 0 amide bonds. The standard InChI is InChI=1S/C12H16O3/c1-8-3-4-10(9(2)7-13)12-11(8)14-5-6-15-12/h3-4,9,13H,5-7H2,1-2H3. The van der Waals surface area contributed by atoms with Gasteiger partial charge in [-0.2, -0.15) is 0 Å². The predicted molar refractivity (Wildman–Crippen MR) is 57.7 cm³/mol. The van der Waals surface area contributed by atoms with Crippen molar-refractivity contribution in [3.63, 3.8) is 0 Å². The van der Waals surface area contributed by atoms with Gasteiger partial charge in [0.05, 0.1) is 0 Å². The summed E-state index contributed by atoms with van der Waals surface area (Å²) in [6, 6.07) is 4.01. The Bertz CT molecular complexity index is 360. The molecule has 1 aromatic rings. The van der Waals surface area contributed by atoms with Gasteiger partial charge in [0.15, 0.2) is 11.5 Å². The Balaban J connectivity index is 2.48. The second-order valence-electron chi connectivity index (χ2n) is 3.91. The Morgan fingerprint density at radius 3 is 2.60 bits per heavy atom. The molecule has 0 spiro atoms. The van der Waals surface area contributed by atoms with Gasteiger partial charge in [-0.25, -0.2) is 0 Å². The topological polar surface area (TPSA) is 38.7 Å². The molecule has 1 aliphatic heterocycles. The van der Waals surface area contributed by atoms with Crippen molar-refractivity contribution in [1.29, 1.82) is 0 Å². The van der Waals surface area contributed by atoms with Gasteiger partial charge in [-0.15, -0.1) is 0 Å². The minimum Gasteiger partial charge on any atom is -0.486 e. The smallest absolute Gasteiger partial charge is 0.165 e. The Morgan fingerprint density at radius 2 is 1.93 bits per heavy atom. The molecule has 82 valence electrons. The largest absolute Gasteiger partial charge is 0.486 e. The highest BCUT2D eigenvalue weighted by Crippen LogP contribution is 2.39. The number of aliphatic hydroxyl groups is 1. The first kappa shape index (κ1) is 10.3. The lowest BCUT2D eigenvalue weighted by Crippen LogP contribution is -2.18. The lowest BCUT2D eigenvalue weighted by atomic mass is 9.98. The number of hydrogen-bond donors (Lipinski definition) is 1. The van der Waals surface area contributed by atoms with E-state index < -0.39 is 0 Å². The summed E-state index contributed by atoms with van der Waals surface area (Å²) >= 11 is 0. The maximum Gasteiger partial charge on any atom is 0.165 e. The Kier molecular flexibility index (Phi) is 2.82. The first-order valence-corrected chi connectivity index (χ1v) is 5.24. The summed E-state index contributed by atoms with van der Waals surface area (Å²) in [4.78, 5) is 0. The summed E-state index contributed by atoms with van der Waals surface area (Å²) in [5.41, 5.74) is 2.11. The van der Waals surface area contributed by atoms with Gasteiger partial charge in [0.25, 0.3) is 0 Å². The van der Waals surface area contributed by atoms with Crippen molar-refractivity contribution < 1.29 is 14.6 Å². The molecule has 0 fully saturated rings. The van der Waals surface area contributed by atoms with Gasteiger partial charge >= 0.3 is 0 Å². The number of ether oxygens (including phenoxy) is 2. The van der Waals surface area contributed by atoms with Crippen molar-refractivity contribution >= 4 is 0 Å². The third-order valence-corrected chi connectivity index (χ3v) is 2.72. The van der Waals surface area contributed by atoms with Gasteiger partial charge < -0.3 is 14.6 Å². The third kappa shape index (κ3) is 1.79. The molecule has 1 N–H and O–H groups in total. The first-order chi connectivity index (χ1) is 7.24. The molecule has 15 heavy (non-hydrogen) atoms. The molecule has 0 saturated carbocycles. The maximum atomic E-state index is 9.16. The van der Waals surface area contributed by atoms with Crippen molar-refractivity contribution in [1.82, 2.24) is 0 Å². The quantitative estimate of drug-likeness (QED) is 0.806. The minimum absolute atomic E-state index is 0.0843. The average Bonchev–Trinajstić information content (AvgIpc) is 2.29. The molecule has 1 aliphatic rings. The van der Waals surface area contributed by atoms with Crippen molar-refractivity contribution in [2.75, 3.05) is 19.8 Å². The van der Waals surface area contributed by atoms with Gasteiger partial charge in [0.1, 0.15) is 13.2 Å². The zero-order valence-corrected chi connectivity index (χ0v) is 9.12. The minimum atomic E-state index is 0.0843. The fourth-order valence-electron chi connectivity index (χ4n) is 1.78. The molecule has 1 atom stereocenters. The van der Waals surface area contributed by atoms with Crippen LogP contribution in [0.4, 0.5) is 0 Å². The monoisotopic (exact) mass is 208 g/mol. The summed E-state index contributed by atoms with van der Waals surface area (Å²) in [5.74, 6) is 1.72. The van der Waals surface area contributed by atoms with Crippen molar-refractivity contribution in [2.24, 2.45) is 0 Å². The molecule has 2 rings (SSSR count). The van der Waals surface area contributed by atoms with Crippen LogP contribution in [0.5, 0.6) is 11.5 Å². The van der Waals surface area contributed by atoms with E-state index in [2.05, 4.69) is 0 Å². The van der Waals surface area contributed by atoms with Gasteiger partial charge in [0.2, 0.25) is 0 Å². The molecule has 3 heteroatoms. The third-order valence-electron chi connectivity index (χ3n) is 2.72. The predicted octanol–water partition coefficient (Wildman–Crippen LogP) is 1.86.